The van der Waals surface area contributed by atoms with E-state index < -0.39 is 0 Å². The number of ketones is 1. The SMILES string of the molecule is C=C(C)C1CCC(C)C1C(C)=O. The minimum absolute atomic E-state index is 0.252. The molecule has 0 spiro atoms. The summed E-state index contributed by atoms with van der Waals surface area (Å²) in [5, 5.41) is 0. The molecule has 1 fully saturated rings. The van der Waals surface area contributed by atoms with E-state index in [2.05, 4.69) is 13.5 Å². The second-order valence-electron chi connectivity index (χ2n) is 4.14. The highest BCUT2D eigenvalue weighted by molar-refractivity contribution is 5.79. The molecule has 1 nitrogen and oxygen atoms in total. The van der Waals surface area contributed by atoms with E-state index in [1.54, 1.807) is 6.92 Å². The summed E-state index contributed by atoms with van der Waals surface area (Å²) in [5.74, 6) is 1.61. The lowest BCUT2D eigenvalue weighted by Gasteiger charge is -2.19. The van der Waals surface area contributed by atoms with Crippen LogP contribution in [0.1, 0.15) is 33.6 Å². The normalized spacial score (nSPS) is 35.1. The Hall–Kier alpha value is -0.590. The Balaban J connectivity index is 2.77. The first-order valence-electron chi connectivity index (χ1n) is 4.70. The summed E-state index contributed by atoms with van der Waals surface area (Å²) in [4.78, 5) is 11.3. The van der Waals surface area contributed by atoms with Crippen LogP contribution >= 0.6 is 0 Å². The third-order valence-corrected chi connectivity index (χ3v) is 3.08. The lowest BCUT2D eigenvalue weighted by atomic mass is 9.84. The molecule has 0 aliphatic heterocycles. The molecule has 1 saturated carbocycles. The Morgan fingerprint density at radius 2 is 1.92 bits per heavy atom. The Bertz CT molecular complexity index is 205. The van der Waals surface area contributed by atoms with E-state index in [0.717, 1.165) is 6.42 Å². The molecule has 1 aliphatic carbocycles. The highest BCUT2D eigenvalue weighted by atomic mass is 16.1. The van der Waals surface area contributed by atoms with Crippen molar-refractivity contribution in [2.24, 2.45) is 17.8 Å². The average Bonchev–Trinajstić information content (AvgIpc) is 2.30. The fourth-order valence-corrected chi connectivity index (χ4v) is 2.44. The number of carbonyl (C=O) groups is 1. The van der Waals surface area contributed by atoms with Gasteiger partial charge in [0.15, 0.2) is 0 Å². The molecule has 12 heavy (non-hydrogen) atoms. The predicted octanol–water partition coefficient (Wildman–Crippen LogP) is 2.81. The van der Waals surface area contributed by atoms with Crippen molar-refractivity contribution >= 4 is 5.78 Å². The number of carbonyl (C=O) groups excluding carboxylic acids is 1. The molecule has 68 valence electrons. The summed E-state index contributed by atoms with van der Waals surface area (Å²) in [6.07, 6.45) is 2.34. The van der Waals surface area contributed by atoms with Gasteiger partial charge in [-0.15, -0.1) is 0 Å². The minimum atomic E-state index is 0.252. The van der Waals surface area contributed by atoms with Crippen molar-refractivity contribution in [3.05, 3.63) is 12.2 Å². The minimum Gasteiger partial charge on any atom is -0.300 e. The summed E-state index contributed by atoms with van der Waals surface area (Å²) in [5.41, 5.74) is 1.18. The first kappa shape index (κ1) is 9.50. The zero-order valence-electron chi connectivity index (χ0n) is 8.26. The monoisotopic (exact) mass is 166 g/mol. The number of rotatable bonds is 2. The second-order valence-corrected chi connectivity index (χ2v) is 4.14. The van der Waals surface area contributed by atoms with Gasteiger partial charge in [0.25, 0.3) is 0 Å². The van der Waals surface area contributed by atoms with E-state index in [0.29, 0.717) is 17.6 Å². The molecule has 0 aromatic heterocycles. The summed E-state index contributed by atoms with van der Waals surface area (Å²) in [6.45, 7) is 9.88. The van der Waals surface area contributed by atoms with Crippen LogP contribution < -0.4 is 0 Å². The van der Waals surface area contributed by atoms with Crippen LogP contribution in [0.5, 0.6) is 0 Å². The fraction of sp³-hybridized carbons (Fsp3) is 0.727. The van der Waals surface area contributed by atoms with Crippen molar-refractivity contribution in [2.75, 3.05) is 0 Å². The molecule has 1 rings (SSSR count). The molecule has 3 atom stereocenters. The van der Waals surface area contributed by atoms with Crippen LogP contribution in [0.2, 0.25) is 0 Å². The Labute approximate surface area is 74.9 Å². The number of allylic oxidation sites excluding steroid dienone is 1. The van der Waals surface area contributed by atoms with Crippen LogP contribution in [-0.2, 0) is 4.79 Å². The Morgan fingerprint density at radius 1 is 1.33 bits per heavy atom. The summed E-state index contributed by atoms with van der Waals surface area (Å²) >= 11 is 0. The molecule has 0 N–H and O–H groups in total. The molecular formula is C11H18O. The molecular weight excluding hydrogens is 148 g/mol. The molecule has 1 heteroatoms. The van der Waals surface area contributed by atoms with Crippen molar-refractivity contribution in [1.29, 1.82) is 0 Å². The highest BCUT2D eigenvalue weighted by Gasteiger charge is 2.36. The van der Waals surface area contributed by atoms with Crippen molar-refractivity contribution in [3.63, 3.8) is 0 Å². The average molecular weight is 166 g/mol. The van der Waals surface area contributed by atoms with E-state index >= 15 is 0 Å². The van der Waals surface area contributed by atoms with Crippen LogP contribution in [0.15, 0.2) is 12.2 Å². The van der Waals surface area contributed by atoms with Gasteiger partial charge in [0.1, 0.15) is 5.78 Å². The van der Waals surface area contributed by atoms with E-state index in [1.807, 2.05) is 6.92 Å². The lowest BCUT2D eigenvalue weighted by molar-refractivity contribution is -0.122. The first-order chi connectivity index (χ1) is 5.54. The van der Waals surface area contributed by atoms with Gasteiger partial charge in [0.2, 0.25) is 0 Å². The van der Waals surface area contributed by atoms with Crippen molar-refractivity contribution < 1.29 is 4.79 Å². The van der Waals surface area contributed by atoms with Crippen LogP contribution in [-0.4, -0.2) is 5.78 Å². The second kappa shape index (κ2) is 3.42. The van der Waals surface area contributed by atoms with Gasteiger partial charge in [-0.05, 0) is 38.5 Å². The zero-order valence-corrected chi connectivity index (χ0v) is 8.26. The van der Waals surface area contributed by atoms with Crippen LogP contribution in [0.4, 0.5) is 0 Å². The largest absolute Gasteiger partial charge is 0.300 e. The molecule has 0 amide bonds. The third kappa shape index (κ3) is 1.60. The van der Waals surface area contributed by atoms with Gasteiger partial charge in [0, 0.05) is 5.92 Å². The molecule has 3 unspecified atom stereocenters. The molecule has 0 aromatic rings. The van der Waals surface area contributed by atoms with Crippen molar-refractivity contribution in [3.8, 4) is 0 Å². The van der Waals surface area contributed by atoms with Crippen LogP contribution in [0.3, 0.4) is 0 Å². The van der Waals surface area contributed by atoms with E-state index in [9.17, 15) is 4.79 Å². The smallest absolute Gasteiger partial charge is 0.133 e. The molecule has 0 heterocycles. The van der Waals surface area contributed by atoms with Gasteiger partial charge >= 0.3 is 0 Å². The summed E-state index contributed by atoms with van der Waals surface area (Å²) < 4.78 is 0. The molecule has 0 bridgehead atoms. The van der Waals surface area contributed by atoms with Gasteiger partial charge in [0.05, 0.1) is 0 Å². The van der Waals surface area contributed by atoms with E-state index in [-0.39, 0.29) is 5.92 Å². The molecule has 0 saturated heterocycles. The van der Waals surface area contributed by atoms with E-state index in [4.69, 9.17) is 0 Å². The summed E-state index contributed by atoms with van der Waals surface area (Å²) in [6, 6.07) is 0. The van der Waals surface area contributed by atoms with Gasteiger partial charge in [-0.2, -0.15) is 0 Å². The van der Waals surface area contributed by atoms with Gasteiger partial charge in [-0.1, -0.05) is 19.1 Å². The Morgan fingerprint density at radius 3 is 2.25 bits per heavy atom. The maximum Gasteiger partial charge on any atom is 0.133 e. The first-order valence-corrected chi connectivity index (χ1v) is 4.70. The number of hydrogen-bond acceptors (Lipinski definition) is 1. The standard InChI is InChI=1S/C11H18O/c1-7(2)10-6-5-8(3)11(10)9(4)12/h8,10-11H,1,5-6H2,2-4H3. The van der Waals surface area contributed by atoms with Crippen LogP contribution in [0, 0.1) is 17.8 Å². The van der Waals surface area contributed by atoms with Crippen molar-refractivity contribution in [1.82, 2.24) is 0 Å². The summed E-state index contributed by atoms with van der Waals surface area (Å²) in [7, 11) is 0. The van der Waals surface area contributed by atoms with E-state index in [1.165, 1.54) is 12.0 Å². The van der Waals surface area contributed by atoms with Crippen LogP contribution in [0.25, 0.3) is 0 Å². The van der Waals surface area contributed by atoms with Crippen molar-refractivity contribution in [2.45, 2.75) is 33.6 Å². The number of hydrogen-bond donors (Lipinski definition) is 0. The topological polar surface area (TPSA) is 17.1 Å². The molecule has 0 radical (unpaired) electrons. The predicted molar refractivity (Wildman–Crippen MR) is 50.9 cm³/mol. The lowest BCUT2D eigenvalue weighted by Crippen LogP contribution is -2.21. The molecule has 1 aliphatic rings. The fourth-order valence-electron chi connectivity index (χ4n) is 2.44. The third-order valence-electron chi connectivity index (χ3n) is 3.08. The number of Topliss-reactive ketones (excluding diaryl/α,β-unsaturated/α-hetero) is 1. The van der Waals surface area contributed by atoms with Gasteiger partial charge < -0.3 is 0 Å². The maximum atomic E-state index is 11.3. The quantitative estimate of drug-likeness (QED) is 0.576. The van der Waals surface area contributed by atoms with Gasteiger partial charge in [-0.25, -0.2) is 0 Å². The molecule has 0 aromatic carbocycles. The highest BCUT2D eigenvalue weighted by Crippen LogP contribution is 2.40. The van der Waals surface area contributed by atoms with Gasteiger partial charge in [-0.3, -0.25) is 4.79 Å². The Kier molecular flexibility index (Phi) is 2.71. The zero-order chi connectivity index (χ0) is 9.30. The maximum absolute atomic E-state index is 11.3.